The molecule has 4 nitrogen and oxygen atoms in total. The largest absolute Gasteiger partial charge is 0.504 e. The predicted molar refractivity (Wildman–Crippen MR) is 60.8 cm³/mol. The third kappa shape index (κ3) is 1.52. The van der Waals surface area contributed by atoms with E-state index < -0.39 is 0 Å². The molecule has 0 spiro atoms. The SMILES string of the molecule is CC(C)n1c[c]c(=O)c2cc(O)c(O)cc21. The summed E-state index contributed by atoms with van der Waals surface area (Å²) in [4.78, 5) is 11.6. The average Bonchev–Trinajstić information content (AvgIpc) is 2.21. The van der Waals surface area contributed by atoms with Crippen molar-refractivity contribution in [3.8, 4) is 11.5 Å². The molecule has 16 heavy (non-hydrogen) atoms. The minimum absolute atomic E-state index is 0.142. The average molecular weight is 218 g/mol. The Bertz CT molecular complexity index is 599. The maximum atomic E-state index is 11.6. The Balaban J connectivity index is 2.93. The van der Waals surface area contributed by atoms with Crippen LogP contribution in [0.5, 0.6) is 11.5 Å². The molecule has 0 unspecified atom stereocenters. The van der Waals surface area contributed by atoms with Crippen LogP contribution in [0.15, 0.2) is 23.1 Å². The first-order valence-electron chi connectivity index (χ1n) is 4.99. The lowest BCUT2D eigenvalue weighted by molar-refractivity contribution is 0.404. The van der Waals surface area contributed by atoms with Crippen LogP contribution in [0.2, 0.25) is 0 Å². The number of aromatic hydroxyl groups is 2. The Hall–Kier alpha value is -1.97. The van der Waals surface area contributed by atoms with Gasteiger partial charge in [-0.15, -0.1) is 0 Å². The fourth-order valence-corrected chi connectivity index (χ4v) is 1.66. The van der Waals surface area contributed by atoms with E-state index in [9.17, 15) is 15.0 Å². The molecule has 0 atom stereocenters. The summed E-state index contributed by atoms with van der Waals surface area (Å²) in [7, 11) is 0. The molecule has 0 aliphatic rings. The first-order chi connectivity index (χ1) is 7.50. The van der Waals surface area contributed by atoms with Gasteiger partial charge in [0.25, 0.3) is 0 Å². The minimum Gasteiger partial charge on any atom is -0.504 e. The normalized spacial score (nSPS) is 11.2. The molecule has 0 saturated heterocycles. The van der Waals surface area contributed by atoms with E-state index in [1.54, 1.807) is 6.20 Å². The summed E-state index contributed by atoms with van der Waals surface area (Å²) in [5, 5.41) is 19.2. The minimum atomic E-state index is -0.292. The number of rotatable bonds is 1. The van der Waals surface area contributed by atoms with Crippen LogP contribution in [0.3, 0.4) is 0 Å². The Labute approximate surface area is 92.4 Å². The highest BCUT2D eigenvalue weighted by Crippen LogP contribution is 2.29. The summed E-state index contributed by atoms with van der Waals surface area (Å²) in [5.74, 6) is -0.521. The standard InChI is InChI=1S/C12H12NO3/c1-7(2)13-4-3-10(14)8-5-11(15)12(16)6-9(8)13/h4-7,15-16H,1-2H3. The van der Waals surface area contributed by atoms with Gasteiger partial charge in [0.2, 0.25) is 0 Å². The summed E-state index contributed by atoms with van der Waals surface area (Å²) in [6.45, 7) is 3.92. The monoisotopic (exact) mass is 218 g/mol. The van der Waals surface area contributed by atoms with E-state index in [-0.39, 0.29) is 23.0 Å². The molecule has 1 aromatic carbocycles. The molecular weight excluding hydrogens is 206 g/mol. The summed E-state index contributed by atoms with van der Waals surface area (Å²) in [6, 6.07) is 5.38. The zero-order valence-corrected chi connectivity index (χ0v) is 9.06. The van der Waals surface area contributed by atoms with Crippen LogP contribution in [0.1, 0.15) is 19.9 Å². The van der Waals surface area contributed by atoms with Gasteiger partial charge < -0.3 is 14.8 Å². The maximum Gasteiger partial charge on any atom is 0.197 e. The molecule has 1 aromatic heterocycles. The van der Waals surface area contributed by atoms with E-state index in [0.29, 0.717) is 10.9 Å². The fourth-order valence-electron chi connectivity index (χ4n) is 1.66. The van der Waals surface area contributed by atoms with E-state index in [1.165, 1.54) is 12.1 Å². The number of aromatic nitrogens is 1. The van der Waals surface area contributed by atoms with Crippen molar-refractivity contribution in [2.45, 2.75) is 19.9 Å². The van der Waals surface area contributed by atoms with Crippen molar-refractivity contribution in [2.75, 3.05) is 0 Å². The van der Waals surface area contributed by atoms with Gasteiger partial charge in [-0.1, -0.05) is 0 Å². The lowest BCUT2D eigenvalue weighted by Crippen LogP contribution is -2.09. The summed E-state index contributed by atoms with van der Waals surface area (Å²) in [6.07, 6.45) is 1.56. The van der Waals surface area contributed by atoms with Crippen LogP contribution in [-0.4, -0.2) is 14.8 Å². The van der Waals surface area contributed by atoms with Crippen molar-refractivity contribution in [3.05, 3.63) is 34.6 Å². The highest BCUT2D eigenvalue weighted by Gasteiger charge is 2.09. The van der Waals surface area contributed by atoms with Crippen LogP contribution in [-0.2, 0) is 0 Å². The second-order valence-electron chi connectivity index (χ2n) is 3.96. The smallest absolute Gasteiger partial charge is 0.197 e. The van der Waals surface area contributed by atoms with Crippen LogP contribution in [0.25, 0.3) is 10.9 Å². The Morgan fingerprint density at radius 3 is 2.50 bits per heavy atom. The van der Waals surface area contributed by atoms with Gasteiger partial charge in [-0.2, -0.15) is 0 Å². The van der Waals surface area contributed by atoms with Gasteiger partial charge in [-0.25, -0.2) is 0 Å². The van der Waals surface area contributed by atoms with E-state index in [4.69, 9.17) is 0 Å². The number of benzene rings is 1. The number of pyridine rings is 1. The molecule has 83 valence electrons. The number of fused-ring (bicyclic) bond motifs is 1. The van der Waals surface area contributed by atoms with Gasteiger partial charge in [0, 0.05) is 18.3 Å². The zero-order valence-electron chi connectivity index (χ0n) is 9.06. The first kappa shape index (κ1) is 10.5. The van der Waals surface area contributed by atoms with E-state index in [2.05, 4.69) is 6.07 Å². The van der Waals surface area contributed by atoms with Gasteiger partial charge in [-0.05, 0) is 19.9 Å². The van der Waals surface area contributed by atoms with Crippen molar-refractivity contribution in [2.24, 2.45) is 0 Å². The molecule has 0 fully saturated rings. The number of nitrogens with zero attached hydrogens (tertiary/aromatic N) is 1. The fraction of sp³-hybridized carbons (Fsp3) is 0.250. The van der Waals surface area contributed by atoms with Gasteiger partial charge in [0.1, 0.15) is 0 Å². The topological polar surface area (TPSA) is 62.5 Å². The molecule has 0 aliphatic carbocycles. The zero-order chi connectivity index (χ0) is 11.9. The lowest BCUT2D eigenvalue weighted by atomic mass is 10.1. The van der Waals surface area contributed by atoms with Crippen molar-refractivity contribution in [1.82, 2.24) is 4.57 Å². The molecule has 4 heteroatoms. The van der Waals surface area contributed by atoms with Gasteiger partial charge in [-0.3, -0.25) is 4.79 Å². The van der Waals surface area contributed by atoms with E-state index in [1.807, 2.05) is 18.4 Å². The van der Waals surface area contributed by atoms with Crippen LogP contribution >= 0.6 is 0 Å². The Morgan fingerprint density at radius 2 is 1.88 bits per heavy atom. The molecule has 0 amide bonds. The third-order valence-electron chi connectivity index (χ3n) is 2.51. The van der Waals surface area contributed by atoms with Crippen molar-refractivity contribution in [3.63, 3.8) is 0 Å². The van der Waals surface area contributed by atoms with Gasteiger partial charge in [0.15, 0.2) is 16.9 Å². The first-order valence-corrected chi connectivity index (χ1v) is 4.99. The second-order valence-corrected chi connectivity index (χ2v) is 3.96. The van der Waals surface area contributed by atoms with E-state index in [0.717, 1.165) is 0 Å². The summed E-state index contributed by atoms with van der Waals surface area (Å²) < 4.78 is 1.82. The van der Waals surface area contributed by atoms with Crippen molar-refractivity contribution >= 4 is 10.9 Å². The molecule has 1 heterocycles. The molecular formula is C12H12NO3. The Kier molecular flexibility index (Phi) is 2.34. The van der Waals surface area contributed by atoms with Gasteiger partial charge >= 0.3 is 0 Å². The van der Waals surface area contributed by atoms with Crippen LogP contribution < -0.4 is 5.43 Å². The molecule has 0 bridgehead atoms. The quantitative estimate of drug-likeness (QED) is 0.717. The predicted octanol–water partition coefficient (Wildman–Crippen LogP) is 1.79. The highest BCUT2D eigenvalue weighted by molar-refractivity contribution is 5.82. The summed E-state index contributed by atoms with van der Waals surface area (Å²) in [5.41, 5.74) is 0.302. The lowest BCUT2D eigenvalue weighted by Gasteiger charge is -2.14. The number of phenols is 2. The highest BCUT2D eigenvalue weighted by atomic mass is 16.3. The van der Waals surface area contributed by atoms with Crippen LogP contribution in [0, 0.1) is 6.07 Å². The molecule has 2 aromatic rings. The number of phenolic OH excluding ortho intramolecular Hbond substituents is 2. The Morgan fingerprint density at radius 1 is 1.25 bits per heavy atom. The maximum absolute atomic E-state index is 11.6. The molecule has 1 radical (unpaired) electrons. The second kappa shape index (κ2) is 3.56. The summed E-state index contributed by atoms with van der Waals surface area (Å²) >= 11 is 0. The van der Waals surface area contributed by atoms with Crippen molar-refractivity contribution in [1.29, 1.82) is 0 Å². The van der Waals surface area contributed by atoms with E-state index >= 15 is 0 Å². The molecule has 2 N–H and O–H groups in total. The third-order valence-corrected chi connectivity index (χ3v) is 2.51. The molecule has 0 saturated carbocycles. The number of hydrogen-bond acceptors (Lipinski definition) is 3. The van der Waals surface area contributed by atoms with Crippen LogP contribution in [0.4, 0.5) is 0 Å². The molecule has 0 aliphatic heterocycles. The van der Waals surface area contributed by atoms with Crippen molar-refractivity contribution < 1.29 is 10.2 Å². The van der Waals surface area contributed by atoms with Gasteiger partial charge in [0.05, 0.1) is 17.0 Å². The number of hydrogen-bond donors (Lipinski definition) is 2. The molecule has 2 rings (SSSR count).